The summed E-state index contributed by atoms with van der Waals surface area (Å²) in [5.41, 5.74) is -0.451. The van der Waals surface area contributed by atoms with Gasteiger partial charge in [-0.15, -0.1) is 0 Å². The summed E-state index contributed by atoms with van der Waals surface area (Å²) in [7, 11) is 0. The standard InChI is InChI=1S/C6H3ClF2N.Cm/c7-6(8,9)5-3-1-2-4-10-5;/h1,3-4H;/q-1;. The van der Waals surface area contributed by atoms with Gasteiger partial charge in [-0.1, -0.05) is 6.20 Å². The van der Waals surface area contributed by atoms with Gasteiger partial charge in [0.25, 0.3) is 0 Å². The molecule has 0 spiro atoms. The zero-order valence-electron chi connectivity index (χ0n) is 5.17. The summed E-state index contributed by atoms with van der Waals surface area (Å²) < 4.78 is 24.3. The number of pyridine rings is 1. The van der Waals surface area contributed by atoms with Gasteiger partial charge >= 0.3 is 5.38 Å². The number of rotatable bonds is 1. The molecule has 0 bridgehead atoms. The molecule has 5 heteroatoms. The van der Waals surface area contributed by atoms with Crippen molar-refractivity contribution < 1.29 is 8.78 Å². The van der Waals surface area contributed by atoms with Gasteiger partial charge in [-0.3, -0.25) is 4.98 Å². The second kappa shape index (κ2) is 2.92. The Kier molecular flexibility index (Phi) is 2.47. The number of halogens is 3. The van der Waals surface area contributed by atoms with Crippen molar-refractivity contribution in [3.05, 3.63) is 30.1 Å². The van der Waals surface area contributed by atoms with Crippen molar-refractivity contribution in [2.45, 2.75) is 5.38 Å². The number of nitrogens with zero attached hydrogens (tertiary/aromatic N) is 1. The van der Waals surface area contributed by atoms with Gasteiger partial charge in [0, 0.05) is 5.69 Å². The van der Waals surface area contributed by atoms with Crippen LogP contribution in [-0.4, -0.2) is 4.98 Å². The molecule has 0 aliphatic heterocycles. The van der Waals surface area contributed by atoms with Crippen LogP contribution in [0.1, 0.15) is 5.69 Å². The molecule has 0 radical (unpaired) electrons. The second-order valence-electron chi connectivity index (χ2n) is 1.64. The Morgan fingerprint density at radius 1 is 1.55 bits per heavy atom. The summed E-state index contributed by atoms with van der Waals surface area (Å²) >= 11 is 4.65. The Labute approximate surface area is 61.7 Å². The molecule has 11 heavy (non-hydrogen) atoms. The topological polar surface area (TPSA) is 12.9 Å². The molecule has 0 amide bonds. The number of aromatic nitrogens is 1. The van der Waals surface area contributed by atoms with Crippen LogP contribution in [0.25, 0.3) is 0 Å². The van der Waals surface area contributed by atoms with Crippen LogP contribution >= 0.6 is 11.6 Å². The Morgan fingerprint density at radius 2 is 2.18 bits per heavy atom. The second-order valence-corrected chi connectivity index (χ2v) is 2.12. The van der Waals surface area contributed by atoms with Crippen molar-refractivity contribution in [3.8, 4) is 0 Å². The fourth-order valence-electron chi connectivity index (χ4n) is 0.488. The van der Waals surface area contributed by atoms with Gasteiger partial charge in [0.2, 0.25) is 0 Å². The molecule has 1 heterocycles. The first-order valence-electron chi connectivity index (χ1n) is 2.50. The summed E-state index contributed by atoms with van der Waals surface area (Å²) in [6.45, 7) is 0. The Bertz CT molecular complexity index is 212. The molecule has 0 aliphatic rings. The molecular formula is C6H3ClCmF2N-. The molecule has 0 aromatic carbocycles. The van der Waals surface area contributed by atoms with E-state index in [1.54, 1.807) is 0 Å². The normalized spacial score (nSPS) is 10.5. The van der Waals surface area contributed by atoms with Crippen molar-refractivity contribution >= 4 is 11.6 Å². The predicted octanol–water partition coefficient (Wildman–Crippen LogP) is 2.17. The Morgan fingerprint density at radius 3 is 2.45 bits per heavy atom. The fourth-order valence-corrected chi connectivity index (χ4v) is 0.599. The summed E-state index contributed by atoms with van der Waals surface area (Å²) in [6.07, 6.45) is 1.14. The van der Waals surface area contributed by atoms with E-state index in [1.165, 1.54) is 6.07 Å². The summed E-state index contributed by atoms with van der Waals surface area (Å²) in [5.74, 6) is 0. The minimum Gasteiger partial charge on any atom is -0.293 e. The van der Waals surface area contributed by atoms with Crippen LogP contribution in [0, 0.1) is 6.07 Å². The molecule has 0 N–H and O–H groups in total. The predicted molar refractivity (Wildman–Crippen MR) is 32.8 cm³/mol. The quantitative estimate of drug-likeness (QED) is 0.512. The molecular weight excluding hydrogens is 407 g/mol. The first-order valence-corrected chi connectivity index (χ1v) is 2.88. The zero-order valence-corrected chi connectivity index (χ0v) is 8.87. The van der Waals surface area contributed by atoms with E-state index in [2.05, 4.69) is 22.7 Å². The average molecular weight is 410 g/mol. The van der Waals surface area contributed by atoms with Crippen molar-refractivity contribution in [2.24, 2.45) is 0 Å². The van der Waals surface area contributed by atoms with Gasteiger partial charge in [0.15, 0.2) is 0 Å². The maximum atomic E-state index is 12.1. The zero-order chi connectivity index (χ0) is 7.61. The van der Waals surface area contributed by atoms with E-state index < -0.39 is 11.1 Å². The van der Waals surface area contributed by atoms with Crippen molar-refractivity contribution in [3.63, 3.8) is 0 Å². The molecule has 62 valence electrons. The Balaban J connectivity index is 0.000001000. The van der Waals surface area contributed by atoms with Crippen molar-refractivity contribution in [1.82, 2.24) is 4.98 Å². The minimum absolute atomic E-state index is 0. The maximum absolute atomic E-state index is 12.1. The molecule has 0 atom stereocenters. The molecule has 1 rings (SSSR count). The third-order valence-corrected chi connectivity index (χ3v) is 1.10. The molecule has 0 saturated carbocycles. The fraction of sp³-hybridized carbons (Fsp3) is 0.167. The molecule has 0 fully saturated rings. The molecule has 0 saturated heterocycles. The van der Waals surface area contributed by atoms with Crippen molar-refractivity contribution in [2.75, 3.05) is 0 Å². The summed E-state index contributed by atoms with van der Waals surface area (Å²) in [5, 5.41) is -3.37. The van der Waals surface area contributed by atoms with Crippen LogP contribution < -0.4 is 0 Å². The maximum Gasteiger partial charge on any atom is 0.348 e. The largest absolute Gasteiger partial charge is 0.348 e. The van der Waals surface area contributed by atoms with E-state index in [0.29, 0.717) is 0 Å². The van der Waals surface area contributed by atoms with Crippen LogP contribution in [0.3, 0.4) is 0 Å². The molecule has 0 unspecified atom stereocenters. The number of hydrogen-bond acceptors (Lipinski definition) is 1. The van der Waals surface area contributed by atoms with Crippen LogP contribution in [-0.2, 0) is 5.38 Å². The third-order valence-electron chi connectivity index (χ3n) is 0.906. The van der Waals surface area contributed by atoms with E-state index in [-0.39, 0.29) is 0 Å². The van der Waals surface area contributed by atoms with Gasteiger partial charge in [0.1, 0.15) is 0 Å². The SMILES string of the molecule is FC(F)(Cl)c1cc[c-]cn1.[Cm]. The first kappa shape index (κ1) is 9.30. The van der Waals surface area contributed by atoms with Crippen LogP contribution in [0.5, 0.6) is 0 Å². The first-order chi connectivity index (χ1) is 4.61. The van der Waals surface area contributed by atoms with Gasteiger partial charge in [-0.2, -0.15) is 14.8 Å². The summed E-state index contributed by atoms with van der Waals surface area (Å²) in [4.78, 5) is 3.31. The monoisotopic (exact) mass is 405 g/mol. The van der Waals surface area contributed by atoms with Gasteiger partial charge in [-0.25, -0.2) is 12.1 Å². The van der Waals surface area contributed by atoms with Gasteiger partial charge in [0.05, 0.1) is 0 Å². The number of hydrogen-bond donors (Lipinski definition) is 0. The van der Waals surface area contributed by atoms with Gasteiger partial charge < -0.3 is 0 Å². The van der Waals surface area contributed by atoms with Crippen LogP contribution in [0.4, 0.5) is 8.78 Å². The smallest absolute Gasteiger partial charge is 0.293 e. The van der Waals surface area contributed by atoms with Crippen LogP contribution in [0.2, 0.25) is 0 Å². The number of alkyl halides is 3. The van der Waals surface area contributed by atoms with E-state index in [4.69, 9.17) is 0 Å². The minimum atomic E-state index is -3.37. The summed E-state index contributed by atoms with van der Waals surface area (Å²) in [6, 6.07) is 4.95. The Hall–Kier alpha value is -1.70. The van der Waals surface area contributed by atoms with E-state index >= 15 is 0 Å². The molecule has 1 aromatic rings. The van der Waals surface area contributed by atoms with Gasteiger partial charge in [-0.05, 0) is 11.6 Å². The van der Waals surface area contributed by atoms with E-state index in [1.807, 2.05) is 0 Å². The third kappa shape index (κ3) is 2.18. The van der Waals surface area contributed by atoms with E-state index in [0.717, 1.165) is 12.3 Å². The van der Waals surface area contributed by atoms with Crippen molar-refractivity contribution in [1.29, 1.82) is 0 Å². The average Bonchev–Trinajstić information content (AvgIpc) is 1.88. The van der Waals surface area contributed by atoms with E-state index in [9.17, 15) is 8.78 Å². The van der Waals surface area contributed by atoms with Crippen LogP contribution in [0.15, 0.2) is 18.3 Å². The molecule has 0 aliphatic carbocycles. The molecule has 1 aromatic heterocycles. The molecule has 1 nitrogen and oxygen atoms in total.